The summed E-state index contributed by atoms with van der Waals surface area (Å²) in [5, 5.41) is 0. The third-order valence-electron chi connectivity index (χ3n) is 5.61. The van der Waals surface area contributed by atoms with Gasteiger partial charge in [-0.05, 0) is 48.9 Å². The largest absolute Gasteiger partial charge is 0.497 e. The molecule has 0 spiro atoms. The highest BCUT2D eigenvalue weighted by atomic mass is 32.2. The smallest absolute Gasteiger partial charge is 0.242 e. The highest BCUT2D eigenvalue weighted by molar-refractivity contribution is 7.89. The zero-order valence-electron chi connectivity index (χ0n) is 18.4. The average Bonchev–Trinajstić information content (AvgIpc) is 3.25. The normalized spacial score (nSPS) is 18.3. The molecular weight excluding hydrogens is 424 g/mol. The molecule has 1 aliphatic heterocycles. The lowest BCUT2D eigenvalue weighted by Crippen LogP contribution is -2.44. The van der Waals surface area contributed by atoms with E-state index in [1.807, 2.05) is 61.5 Å². The standard InChI is InChI=1S/C25H26N2O4S/c1-19-9-15-23(16-10-19)32(28,29)27(2)18-25(21-7-5-4-6-8-21)17-26-24(31-25)20-11-13-22(30-3)14-12-20/h4-16H,17-18H2,1-3H3. The topological polar surface area (TPSA) is 68.2 Å². The van der Waals surface area contributed by atoms with Gasteiger partial charge in [-0.15, -0.1) is 0 Å². The lowest BCUT2D eigenvalue weighted by atomic mass is 9.94. The molecule has 6 nitrogen and oxygen atoms in total. The molecule has 7 heteroatoms. The van der Waals surface area contributed by atoms with Gasteiger partial charge >= 0.3 is 0 Å². The molecule has 0 aliphatic carbocycles. The predicted molar refractivity (Wildman–Crippen MR) is 125 cm³/mol. The number of hydrogen-bond acceptors (Lipinski definition) is 5. The van der Waals surface area contributed by atoms with Crippen molar-refractivity contribution in [2.24, 2.45) is 4.99 Å². The fraction of sp³-hybridized carbons (Fsp3) is 0.240. The first-order valence-electron chi connectivity index (χ1n) is 10.3. The van der Waals surface area contributed by atoms with Gasteiger partial charge < -0.3 is 9.47 Å². The van der Waals surface area contributed by atoms with Gasteiger partial charge in [0.05, 0.1) is 25.1 Å². The number of likely N-dealkylation sites (N-methyl/N-ethyl adjacent to an activating group) is 1. The van der Waals surface area contributed by atoms with Crippen molar-refractivity contribution >= 4 is 15.9 Å². The van der Waals surface area contributed by atoms with Gasteiger partial charge in [0.25, 0.3) is 0 Å². The summed E-state index contributed by atoms with van der Waals surface area (Å²) in [6.45, 7) is 2.36. The van der Waals surface area contributed by atoms with Crippen LogP contribution >= 0.6 is 0 Å². The summed E-state index contributed by atoms with van der Waals surface area (Å²) >= 11 is 0. The van der Waals surface area contributed by atoms with Gasteiger partial charge in [-0.1, -0.05) is 48.0 Å². The third kappa shape index (κ3) is 4.26. The van der Waals surface area contributed by atoms with Crippen LogP contribution < -0.4 is 4.74 Å². The molecule has 0 bridgehead atoms. The Labute approximate surface area is 189 Å². The van der Waals surface area contributed by atoms with Crippen LogP contribution in [0.2, 0.25) is 0 Å². The Morgan fingerprint density at radius 1 is 1.00 bits per heavy atom. The van der Waals surface area contributed by atoms with Crippen LogP contribution in [0.5, 0.6) is 5.75 Å². The summed E-state index contributed by atoms with van der Waals surface area (Å²) in [5.74, 6) is 1.23. The van der Waals surface area contributed by atoms with Crippen molar-refractivity contribution in [1.82, 2.24) is 4.31 Å². The Kier molecular flexibility index (Phi) is 6.04. The van der Waals surface area contributed by atoms with Crippen LogP contribution in [0.3, 0.4) is 0 Å². The molecule has 0 saturated heterocycles. The number of aliphatic imine (C=N–C) groups is 1. The fourth-order valence-corrected chi connectivity index (χ4v) is 4.95. The van der Waals surface area contributed by atoms with Gasteiger partial charge in [0.2, 0.25) is 15.9 Å². The van der Waals surface area contributed by atoms with Crippen LogP contribution in [0.1, 0.15) is 16.7 Å². The molecule has 1 atom stereocenters. The monoisotopic (exact) mass is 450 g/mol. The van der Waals surface area contributed by atoms with Crippen molar-refractivity contribution in [3.8, 4) is 5.75 Å². The van der Waals surface area contributed by atoms with Crippen molar-refractivity contribution in [3.63, 3.8) is 0 Å². The van der Waals surface area contributed by atoms with E-state index in [1.165, 1.54) is 4.31 Å². The second-order valence-electron chi connectivity index (χ2n) is 7.89. The molecule has 0 aromatic heterocycles. The lowest BCUT2D eigenvalue weighted by molar-refractivity contribution is 0.0684. The van der Waals surface area contributed by atoms with E-state index in [1.54, 1.807) is 38.4 Å². The number of methoxy groups -OCH3 is 1. The van der Waals surface area contributed by atoms with Crippen molar-refractivity contribution in [1.29, 1.82) is 0 Å². The molecule has 0 fully saturated rings. The minimum absolute atomic E-state index is 0.121. The fourth-order valence-electron chi connectivity index (χ4n) is 3.73. The van der Waals surface area contributed by atoms with Crippen molar-refractivity contribution in [2.45, 2.75) is 17.4 Å². The lowest BCUT2D eigenvalue weighted by Gasteiger charge is -2.33. The molecule has 4 rings (SSSR count). The summed E-state index contributed by atoms with van der Waals surface area (Å²) < 4.78 is 39.5. The SMILES string of the molecule is COc1ccc(C2=NCC(CN(C)S(=O)(=O)c3ccc(C)cc3)(c3ccccc3)O2)cc1. The van der Waals surface area contributed by atoms with E-state index >= 15 is 0 Å². The zero-order chi connectivity index (χ0) is 22.8. The molecule has 0 amide bonds. The Morgan fingerprint density at radius 3 is 2.28 bits per heavy atom. The van der Waals surface area contributed by atoms with Crippen molar-refractivity contribution in [3.05, 3.63) is 95.6 Å². The van der Waals surface area contributed by atoms with Gasteiger partial charge in [0.15, 0.2) is 5.60 Å². The summed E-state index contributed by atoms with van der Waals surface area (Å²) in [5.41, 5.74) is 1.76. The van der Waals surface area contributed by atoms with E-state index in [2.05, 4.69) is 4.99 Å². The molecule has 1 aliphatic rings. The number of hydrogen-bond donors (Lipinski definition) is 0. The Hall–Kier alpha value is -3.16. The summed E-state index contributed by atoms with van der Waals surface area (Å²) in [6, 6.07) is 23.9. The number of aryl methyl sites for hydroxylation is 1. The molecule has 0 saturated carbocycles. The van der Waals surface area contributed by atoms with Gasteiger partial charge in [0, 0.05) is 12.6 Å². The number of nitrogens with zero attached hydrogens (tertiary/aromatic N) is 2. The Morgan fingerprint density at radius 2 is 1.66 bits per heavy atom. The first kappa shape index (κ1) is 22.0. The molecular formula is C25H26N2O4S. The Balaban J connectivity index is 1.64. The predicted octanol–water partition coefficient (Wildman–Crippen LogP) is 4.00. The summed E-state index contributed by atoms with van der Waals surface area (Å²) in [4.78, 5) is 4.90. The van der Waals surface area contributed by atoms with E-state index < -0.39 is 15.6 Å². The van der Waals surface area contributed by atoms with E-state index in [-0.39, 0.29) is 11.4 Å². The first-order valence-corrected chi connectivity index (χ1v) is 11.7. The number of benzene rings is 3. The second kappa shape index (κ2) is 8.76. The van der Waals surface area contributed by atoms with Gasteiger partial charge in [0.1, 0.15) is 5.75 Å². The summed E-state index contributed by atoms with van der Waals surface area (Å²) in [6.07, 6.45) is 0. The number of sulfonamides is 1. The zero-order valence-corrected chi connectivity index (χ0v) is 19.2. The highest BCUT2D eigenvalue weighted by Gasteiger charge is 2.43. The molecule has 0 N–H and O–H groups in total. The van der Waals surface area contributed by atoms with Crippen molar-refractivity contribution in [2.75, 3.05) is 27.2 Å². The van der Waals surface area contributed by atoms with E-state index in [9.17, 15) is 8.42 Å². The Bertz CT molecular complexity index is 1210. The van der Waals surface area contributed by atoms with Crippen LogP contribution in [-0.2, 0) is 20.4 Å². The van der Waals surface area contributed by atoms with E-state index in [4.69, 9.17) is 9.47 Å². The van der Waals surface area contributed by atoms with Crippen molar-refractivity contribution < 1.29 is 17.9 Å². The van der Waals surface area contributed by atoms with Gasteiger partial charge in [-0.3, -0.25) is 0 Å². The molecule has 3 aromatic rings. The van der Waals surface area contributed by atoms with Crippen LogP contribution in [0.25, 0.3) is 0 Å². The van der Waals surface area contributed by atoms with Crippen LogP contribution in [0.4, 0.5) is 0 Å². The molecule has 32 heavy (non-hydrogen) atoms. The first-order chi connectivity index (χ1) is 15.3. The van der Waals surface area contributed by atoms with Crippen LogP contribution in [0.15, 0.2) is 88.8 Å². The second-order valence-corrected chi connectivity index (χ2v) is 9.93. The maximum Gasteiger partial charge on any atom is 0.242 e. The van der Waals surface area contributed by atoms with Crippen LogP contribution in [0, 0.1) is 6.92 Å². The van der Waals surface area contributed by atoms with E-state index in [0.717, 1.165) is 22.4 Å². The maximum absolute atomic E-state index is 13.2. The summed E-state index contributed by atoms with van der Waals surface area (Å²) in [7, 11) is -0.502. The van der Waals surface area contributed by atoms with Gasteiger partial charge in [-0.25, -0.2) is 13.4 Å². The molecule has 1 heterocycles. The van der Waals surface area contributed by atoms with E-state index in [0.29, 0.717) is 12.4 Å². The minimum Gasteiger partial charge on any atom is -0.497 e. The molecule has 1 unspecified atom stereocenters. The maximum atomic E-state index is 13.2. The van der Waals surface area contributed by atoms with Gasteiger partial charge in [-0.2, -0.15) is 4.31 Å². The van der Waals surface area contributed by atoms with Crippen LogP contribution in [-0.4, -0.2) is 45.9 Å². The average molecular weight is 451 g/mol. The molecule has 3 aromatic carbocycles. The number of ether oxygens (including phenoxy) is 2. The number of rotatable bonds is 7. The molecule has 166 valence electrons. The highest BCUT2D eigenvalue weighted by Crippen LogP contribution is 2.35. The third-order valence-corrected chi connectivity index (χ3v) is 7.43. The molecule has 0 radical (unpaired) electrons. The minimum atomic E-state index is -3.69. The quantitative estimate of drug-likeness (QED) is 0.546.